The monoisotopic (exact) mass is 377 g/mol. The number of anilines is 2. The number of halogens is 3. The van der Waals surface area contributed by atoms with Crippen LogP contribution in [0, 0.1) is 0 Å². The second kappa shape index (κ2) is 7.69. The normalized spacial score (nSPS) is 14.6. The summed E-state index contributed by atoms with van der Waals surface area (Å²) < 4.78 is 37.7. The van der Waals surface area contributed by atoms with E-state index in [0.29, 0.717) is 30.0 Å². The molecule has 0 aromatic heterocycles. The molecular weight excluding hydrogens is 359 g/mol. The van der Waals surface area contributed by atoms with Gasteiger partial charge in [-0.3, -0.25) is 9.69 Å². The van der Waals surface area contributed by atoms with Crippen LogP contribution < -0.4 is 15.5 Å². The number of nitrogens with zero attached hydrogens (tertiary/aromatic N) is 1. The van der Waals surface area contributed by atoms with Gasteiger partial charge in [0.15, 0.2) is 0 Å². The molecule has 8 heteroatoms. The molecule has 1 saturated heterocycles. The molecule has 1 aliphatic heterocycles. The summed E-state index contributed by atoms with van der Waals surface area (Å²) in [5.74, 6) is -0.352. The SMILES string of the molecule is O=C(Cc1ccc(C(F)(F)F)cc1)Nc1cccc(N2CCCNC2=O)c1. The summed E-state index contributed by atoms with van der Waals surface area (Å²) in [5, 5.41) is 5.47. The number of hydrogen-bond donors (Lipinski definition) is 2. The Morgan fingerprint density at radius 3 is 2.56 bits per heavy atom. The average Bonchev–Trinajstić information content (AvgIpc) is 2.62. The summed E-state index contributed by atoms with van der Waals surface area (Å²) in [7, 11) is 0. The van der Waals surface area contributed by atoms with Gasteiger partial charge in [-0.05, 0) is 42.3 Å². The van der Waals surface area contributed by atoms with Crippen molar-refractivity contribution in [2.24, 2.45) is 0 Å². The van der Waals surface area contributed by atoms with E-state index in [-0.39, 0.29) is 18.4 Å². The van der Waals surface area contributed by atoms with E-state index in [1.165, 1.54) is 12.1 Å². The molecule has 0 spiro atoms. The molecule has 5 nitrogen and oxygen atoms in total. The first-order chi connectivity index (χ1) is 12.8. The number of rotatable bonds is 4. The van der Waals surface area contributed by atoms with Gasteiger partial charge >= 0.3 is 12.2 Å². The second-order valence-corrected chi connectivity index (χ2v) is 6.21. The third-order valence-corrected chi connectivity index (χ3v) is 4.17. The molecule has 1 fully saturated rings. The van der Waals surface area contributed by atoms with E-state index in [0.717, 1.165) is 18.6 Å². The number of benzene rings is 2. The predicted molar refractivity (Wildman–Crippen MR) is 95.6 cm³/mol. The standard InChI is InChI=1S/C19H18F3N3O2/c20-19(21,22)14-7-5-13(6-8-14)11-17(26)24-15-3-1-4-16(12-15)25-10-2-9-23-18(25)27/h1,3-8,12H,2,9-11H2,(H,23,27)(H,24,26). The Balaban J connectivity index is 1.64. The third-order valence-electron chi connectivity index (χ3n) is 4.17. The summed E-state index contributed by atoms with van der Waals surface area (Å²) in [4.78, 5) is 25.7. The molecular formula is C19H18F3N3O2. The van der Waals surface area contributed by atoms with Crippen LogP contribution in [-0.2, 0) is 17.4 Å². The summed E-state index contributed by atoms with van der Waals surface area (Å²) in [6, 6.07) is 11.2. The molecule has 0 saturated carbocycles. The first kappa shape index (κ1) is 18.8. The van der Waals surface area contributed by atoms with Gasteiger partial charge < -0.3 is 10.6 Å². The number of carbonyl (C=O) groups is 2. The maximum atomic E-state index is 12.6. The smallest absolute Gasteiger partial charge is 0.338 e. The van der Waals surface area contributed by atoms with Crippen LogP contribution in [0.5, 0.6) is 0 Å². The van der Waals surface area contributed by atoms with Gasteiger partial charge in [-0.15, -0.1) is 0 Å². The van der Waals surface area contributed by atoms with Gasteiger partial charge in [0.25, 0.3) is 0 Å². The molecule has 1 aliphatic rings. The Kier molecular flexibility index (Phi) is 5.34. The van der Waals surface area contributed by atoms with Crippen molar-refractivity contribution in [2.75, 3.05) is 23.3 Å². The number of alkyl halides is 3. The molecule has 142 valence electrons. The minimum absolute atomic E-state index is 0.0490. The number of nitrogens with one attached hydrogen (secondary N) is 2. The van der Waals surface area contributed by atoms with Crippen molar-refractivity contribution in [1.82, 2.24) is 5.32 Å². The van der Waals surface area contributed by atoms with Gasteiger partial charge in [-0.25, -0.2) is 4.79 Å². The summed E-state index contributed by atoms with van der Waals surface area (Å²) >= 11 is 0. The lowest BCUT2D eigenvalue weighted by atomic mass is 10.1. The van der Waals surface area contributed by atoms with Crippen LogP contribution in [0.4, 0.5) is 29.3 Å². The molecule has 1 heterocycles. The lowest BCUT2D eigenvalue weighted by molar-refractivity contribution is -0.137. The van der Waals surface area contributed by atoms with E-state index in [4.69, 9.17) is 0 Å². The first-order valence-electron chi connectivity index (χ1n) is 8.44. The van der Waals surface area contributed by atoms with Crippen LogP contribution in [0.3, 0.4) is 0 Å². The Hall–Kier alpha value is -3.03. The van der Waals surface area contributed by atoms with Crippen molar-refractivity contribution in [3.05, 3.63) is 59.7 Å². The molecule has 0 unspecified atom stereocenters. The van der Waals surface area contributed by atoms with Crippen LogP contribution in [0.2, 0.25) is 0 Å². The van der Waals surface area contributed by atoms with E-state index < -0.39 is 11.7 Å². The average molecular weight is 377 g/mol. The molecule has 3 rings (SSSR count). The van der Waals surface area contributed by atoms with Crippen molar-refractivity contribution in [3.8, 4) is 0 Å². The number of hydrogen-bond acceptors (Lipinski definition) is 2. The van der Waals surface area contributed by atoms with E-state index in [2.05, 4.69) is 10.6 Å². The Morgan fingerprint density at radius 2 is 1.89 bits per heavy atom. The largest absolute Gasteiger partial charge is 0.416 e. The van der Waals surface area contributed by atoms with Crippen molar-refractivity contribution < 1.29 is 22.8 Å². The fraction of sp³-hybridized carbons (Fsp3) is 0.263. The minimum atomic E-state index is -4.40. The molecule has 27 heavy (non-hydrogen) atoms. The minimum Gasteiger partial charge on any atom is -0.338 e. The van der Waals surface area contributed by atoms with Crippen molar-refractivity contribution >= 4 is 23.3 Å². The second-order valence-electron chi connectivity index (χ2n) is 6.21. The first-order valence-corrected chi connectivity index (χ1v) is 8.44. The van der Waals surface area contributed by atoms with E-state index in [1.54, 1.807) is 29.2 Å². The Bertz CT molecular complexity index is 835. The molecule has 0 atom stereocenters. The van der Waals surface area contributed by atoms with Gasteiger partial charge in [0.05, 0.1) is 12.0 Å². The lowest BCUT2D eigenvalue weighted by Gasteiger charge is -2.27. The topological polar surface area (TPSA) is 61.4 Å². The summed E-state index contributed by atoms with van der Waals surface area (Å²) in [5.41, 5.74) is 0.911. The predicted octanol–water partition coefficient (Wildman–Crippen LogP) is 3.81. The fourth-order valence-corrected chi connectivity index (χ4v) is 2.83. The van der Waals surface area contributed by atoms with Crippen molar-refractivity contribution in [1.29, 1.82) is 0 Å². The van der Waals surface area contributed by atoms with Crippen LogP contribution in [0.15, 0.2) is 48.5 Å². The molecule has 2 aromatic carbocycles. The Labute approximate surface area is 154 Å². The van der Waals surface area contributed by atoms with Crippen molar-refractivity contribution in [3.63, 3.8) is 0 Å². The zero-order valence-corrected chi connectivity index (χ0v) is 14.3. The van der Waals surface area contributed by atoms with Crippen LogP contribution in [-0.4, -0.2) is 25.0 Å². The molecule has 3 amide bonds. The highest BCUT2D eigenvalue weighted by Crippen LogP contribution is 2.29. The highest BCUT2D eigenvalue weighted by molar-refractivity contribution is 5.95. The molecule has 0 aliphatic carbocycles. The van der Waals surface area contributed by atoms with Gasteiger partial charge in [0, 0.05) is 24.5 Å². The molecule has 0 bridgehead atoms. The van der Waals surface area contributed by atoms with Crippen LogP contribution >= 0.6 is 0 Å². The quantitative estimate of drug-likeness (QED) is 0.851. The van der Waals surface area contributed by atoms with E-state index in [9.17, 15) is 22.8 Å². The van der Waals surface area contributed by atoms with Gasteiger partial charge in [0.2, 0.25) is 5.91 Å². The van der Waals surface area contributed by atoms with Crippen LogP contribution in [0.25, 0.3) is 0 Å². The number of urea groups is 1. The van der Waals surface area contributed by atoms with Gasteiger partial charge in [0.1, 0.15) is 0 Å². The molecule has 2 aromatic rings. The maximum Gasteiger partial charge on any atom is 0.416 e. The lowest BCUT2D eigenvalue weighted by Crippen LogP contribution is -2.46. The Morgan fingerprint density at radius 1 is 1.15 bits per heavy atom. The van der Waals surface area contributed by atoms with E-state index >= 15 is 0 Å². The van der Waals surface area contributed by atoms with Gasteiger partial charge in [-0.2, -0.15) is 13.2 Å². The molecule has 0 radical (unpaired) electrons. The fourth-order valence-electron chi connectivity index (χ4n) is 2.83. The number of amides is 3. The third kappa shape index (κ3) is 4.78. The maximum absolute atomic E-state index is 12.6. The zero-order chi connectivity index (χ0) is 19.4. The highest BCUT2D eigenvalue weighted by Gasteiger charge is 2.30. The summed E-state index contributed by atoms with van der Waals surface area (Å²) in [6.45, 7) is 1.23. The van der Waals surface area contributed by atoms with Crippen LogP contribution in [0.1, 0.15) is 17.5 Å². The number of carbonyl (C=O) groups excluding carboxylic acids is 2. The van der Waals surface area contributed by atoms with Gasteiger partial charge in [-0.1, -0.05) is 18.2 Å². The van der Waals surface area contributed by atoms with E-state index in [1.807, 2.05) is 0 Å². The van der Waals surface area contributed by atoms with Crippen molar-refractivity contribution in [2.45, 2.75) is 19.0 Å². The summed E-state index contributed by atoms with van der Waals surface area (Å²) in [6.07, 6.45) is -3.62. The highest BCUT2D eigenvalue weighted by atomic mass is 19.4. The molecule has 2 N–H and O–H groups in total. The zero-order valence-electron chi connectivity index (χ0n) is 14.3.